The molecule has 0 radical (unpaired) electrons. The van der Waals surface area contributed by atoms with Gasteiger partial charge < -0.3 is 9.47 Å². The van der Waals surface area contributed by atoms with Crippen LogP contribution in [0.25, 0.3) is 11.3 Å². The normalized spacial score (nSPS) is 10.4. The van der Waals surface area contributed by atoms with Crippen LogP contribution >= 0.6 is 11.3 Å². The summed E-state index contributed by atoms with van der Waals surface area (Å²) in [4.78, 5) is 18.8. The van der Waals surface area contributed by atoms with Crippen LogP contribution in [0.1, 0.15) is 13.3 Å². The Morgan fingerprint density at radius 2 is 2.00 bits per heavy atom. The number of nitrogens with zero attached hydrogens (tertiary/aromatic N) is 2. The Balaban J connectivity index is 1.93. The summed E-state index contributed by atoms with van der Waals surface area (Å²) in [6, 6.07) is 15.1. The predicted molar refractivity (Wildman–Crippen MR) is 114 cm³/mol. The Morgan fingerprint density at radius 1 is 1.21 bits per heavy atom. The third kappa shape index (κ3) is 4.40. The van der Waals surface area contributed by atoms with E-state index in [0.29, 0.717) is 23.2 Å². The fraction of sp³-hybridized carbons (Fsp3) is 0.182. The molecule has 1 aromatic heterocycles. The average molecular weight is 394 g/mol. The molecule has 144 valence electrons. The summed E-state index contributed by atoms with van der Waals surface area (Å²) in [7, 11) is 1.63. The van der Waals surface area contributed by atoms with Crippen LogP contribution in [-0.4, -0.2) is 24.6 Å². The van der Waals surface area contributed by atoms with Gasteiger partial charge >= 0.3 is 0 Å². The van der Waals surface area contributed by atoms with E-state index in [4.69, 9.17) is 9.47 Å². The van der Waals surface area contributed by atoms with Gasteiger partial charge in [0.25, 0.3) is 5.91 Å². The molecule has 1 amide bonds. The number of ether oxygens (including phenoxy) is 2. The van der Waals surface area contributed by atoms with Gasteiger partial charge in [0.15, 0.2) is 5.13 Å². The smallest absolute Gasteiger partial charge is 0.256 e. The van der Waals surface area contributed by atoms with Crippen LogP contribution in [0.3, 0.4) is 0 Å². The molecule has 28 heavy (non-hydrogen) atoms. The van der Waals surface area contributed by atoms with Crippen molar-refractivity contribution < 1.29 is 14.3 Å². The van der Waals surface area contributed by atoms with Crippen molar-refractivity contribution in [3.05, 3.63) is 66.6 Å². The van der Waals surface area contributed by atoms with E-state index in [9.17, 15) is 4.79 Å². The highest BCUT2D eigenvalue weighted by Gasteiger charge is 2.20. The van der Waals surface area contributed by atoms with Gasteiger partial charge in [-0.2, -0.15) is 0 Å². The van der Waals surface area contributed by atoms with Crippen LogP contribution in [0.15, 0.2) is 66.6 Å². The molecule has 0 bridgehead atoms. The molecule has 0 unspecified atom stereocenters. The van der Waals surface area contributed by atoms with Gasteiger partial charge in [-0.15, -0.1) is 11.3 Å². The van der Waals surface area contributed by atoms with Crippen molar-refractivity contribution in [3.63, 3.8) is 0 Å². The Hall–Kier alpha value is -3.12. The number of methoxy groups -OCH3 is 1. The molecule has 0 N–H and O–H groups in total. The van der Waals surface area contributed by atoms with Gasteiger partial charge in [-0.25, -0.2) is 4.98 Å². The number of carbonyl (C=O) groups is 1. The zero-order valence-electron chi connectivity index (χ0n) is 15.9. The number of benzene rings is 2. The van der Waals surface area contributed by atoms with Gasteiger partial charge in [0, 0.05) is 17.0 Å². The van der Waals surface area contributed by atoms with Crippen LogP contribution in [0.2, 0.25) is 0 Å². The maximum atomic E-state index is 12.6. The van der Waals surface area contributed by atoms with Crippen LogP contribution in [0, 0.1) is 0 Å². The highest BCUT2D eigenvalue weighted by Crippen LogP contribution is 2.34. The average Bonchev–Trinajstić information content (AvgIpc) is 3.22. The standard InChI is InChI=1S/C22H22N2O3S/c1-4-13-27-19-8-6-7-17(14-19)24(21(25)5-2)22-23-20(15-28-22)16-9-11-18(26-3)12-10-16/h5-12,14-15H,2,4,13H2,1,3H3. The van der Waals surface area contributed by atoms with Crippen molar-refractivity contribution in [3.8, 4) is 22.8 Å². The molecule has 3 aromatic rings. The van der Waals surface area contributed by atoms with E-state index in [0.717, 1.165) is 23.4 Å². The molecule has 0 spiro atoms. The first kappa shape index (κ1) is 19.6. The minimum absolute atomic E-state index is 0.247. The first-order valence-corrected chi connectivity index (χ1v) is 9.83. The fourth-order valence-electron chi connectivity index (χ4n) is 2.62. The van der Waals surface area contributed by atoms with Crippen LogP contribution in [-0.2, 0) is 4.79 Å². The molecule has 0 aliphatic heterocycles. The van der Waals surface area contributed by atoms with Crippen LogP contribution in [0.5, 0.6) is 11.5 Å². The van der Waals surface area contributed by atoms with Gasteiger partial charge in [0.05, 0.1) is 25.1 Å². The molecule has 1 heterocycles. The second-order valence-corrected chi connectivity index (χ2v) is 6.80. The van der Waals surface area contributed by atoms with Crippen molar-refractivity contribution in [2.24, 2.45) is 0 Å². The number of amides is 1. The highest BCUT2D eigenvalue weighted by atomic mass is 32.1. The molecule has 3 rings (SSSR count). The van der Waals surface area contributed by atoms with Crippen molar-refractivity contribution >= 4 is 28.1 Å². The number of thiazole rings is 1. The largest absolute Gasteiger partial charge is 0.497 e. The fourth-order valence-corrected chi connectivity index (χ4v) is 3.47. The first-order chi connectivity index (χ1) is 13.7. The third-order valence-electron chi connectivity index (χ3n) is 4.01. The third-order valence-corrected chi connectivity index (χ3v) is 4.84. The van der Waals surface area contributed by atoms with Crippen molar-refractivity contribution in [1.82, 2.24) is 4.98 Å². The summed E-state index contributed by atoms with van der Waals surface area (Å²) in [5.74, 6) is 1.25. The van der Waals surface area contributed by atoms with Gasteiger partial charge in [-0.1, -0.05) is 19.6 Å². The lowest BCUT2D eigenvalue weighted by Gasteiger charge is -2.19. The summed E-state index contributed by atoms with van der Waals surface area (Å²) in [6.45, 7) is 6.30. The second-order valence-electron chi connectivity index (χ2n) is 5.97. The maximum absolute atomic E-state index is 12.6. The van der Waals surface area contributed by atoms with Crippen LogP contribution < -0.4 is 14.4 Å². The Bertz CT molecular complexity index is 950. The number of hydrogen-bond acceptors (Lipinski definition) is 5. The number of carbonyl (C=O) groups excluding carboxylic acids is 1. The maximum Gasteiger partial charge on any atom is 0.256 e. The lowest BCUT2D eigenvalue weighted by molar-refractivity contribution is -0.113. The molecule has 0 atom stereocenters. The number of rotatable bonds is 8. The van der Waals surface area contributed by atoms with E-state index in [1.165, 1.54) is 17.4 Å². The monoisotopic (exact) mass is 394 g/mol. The topological polar surface area (TPSA) is 51.7 Å². The van der Waals surface area contributed by atoms with Gasteiger partial charge in [-0.3, -0.25) is 9.69 Å². The van der Waals surface area contributed by atoms with Crippen molar-refractivity contribution in [2.45, 2.75) is 13.3 Å². The SMILES string of the molecule is C=CC(=O)N(c1cccc(OCCC)c1)c1nc(-c2ccc(OC)cc2)cs1. The molecular formula is C22H22N2O3S. The Kier molecular flexibility index (Phi) is 6.45. The summed E-state index contributed by atoms with van der Waals surface area (Å²) in [5, 5.41) is 2.50. The molecule has 0 aliphatic rings. The Labute approximate surface area is 168 Å². The van der Waals surface area contributed by atoms with E-state index < -0.39 is 0 Å². The summed E-state index contributed by atoms with van der Waals surface area (Å²) in [5.41, 5.74) is 2.44. The van der Waals surface area contributed by atoms with E-state index >= 15 is 0 Å². The predicted octanol–water partition coefficient (Wildman–Crippen LogP) is 5.46. The molecule has 0 saturated carbocycles. The van der Waals surface area contributed by atoms with E-state index in [-0.39, 0.29) is 5.91 Å². The number of anilines is 2. The Morgan fingerprint density at radius 3 is 2.68 bits per heavy atom. The summed E-state index contributed by atoms with van der Waals surface area (Å²) < 4.78 is 10.9. The zero-order valence-corrected chi connectivity index (χ0v) is 16.7. The van der Waals surface area contributed by atoms with Gasteiger partial charge in [0.2, 0.25) is 0 Å². The molecule has 0 aliphatic carbocycles. The molecule has 0 fully saturated rings. The molecule has 2 aromatic carbocycles. The minimum atomic E-state index is -0.247. The zero-order chi connectivity index (χ0) is 19.9. The lowest BCUT2D eigenvalue weighted by atomic mass is 10.2. The quantitative estimate of drug-likeness (QED) is 0.476. The van der Waals surface area contributed by atoms with E-state index in [1.807, 2.05) is 60.8 Å². The van der Waals surface area contributed by atoms with E-state index in [2.05, 4.69) is 11.6 Å². The van der Waals surface area contributed by atoms with Crippen LogP contribution in [0.4, 0.5) is 10.8 Å². The molecular weight excluding hydrogens is 372 g/mol. The summed E-state index contributed by atoms with van der Waals surface area (Å²) >= 11 is 1.40. The molecule has 5 nitrogen and oxygen atoms in total. The summed E-state index contributed by atoms with van der Waals surface area (Å²) in [6.07, 6.45) is 2.20. The number of aromatic nitrogens is 1. The highest BCUT2D eigenvalue weighted by molar-refractivity contribution is 7.14. The van der Waals surface area contributed by atoms with Gasteiger partial charge in [0.1, 0.15) is 11.5 Å². The lowest BCUT2D eigenvalue weighted by Crippen LogP contribution is -2.23. The van der Waals surface area contributed by atoms with Crippen molar-refractivity contribution in [2.75, 3.05) is 18.6 Å². The molecule has 0 saturated heterocycles. The second kappa shape index (κ2) is 9.19. The minimum Gasteiger partial charge on any atom is -0.497 e. The molecule has 6 heteroatoms. The van der Waals surface area contributed by atoms with E-state index in [1.54, 1.807) is 12.0 Å². The number of hydrogen-bond donors (Lipinski definition) is 0. The first-order valence-electron chi connectivity index (χ1n) is 8.95. The van der Waals surface area contributed by atoms with Crippen molar-refractivity contribution in [1.29, 1.82) is 0 Å². The van der Waals surface area contributed by atoms with Gasteiger partial charge in [-0.05, 0) is 48.9 Å².